The van der Waals surface area contributed by atoms with Crippen molar-refractivity contribution in [2.45, 2.75) is 0 Å². The average molecular weight is 300 g/mol. The van der Waals surface area contributed by atoms with Crippen LogP contribution in [-0.2, 0) is 0 Å². The molecule has 0 spiro atoms. The van der Waals surface area contributed by atoms with Gasteiger partial charge < -0.3 is 9.80 Å². The van der Waals surface area contributed by atoms with Gasteiger partial charge in [0.05, 0.1) is 0 Å². The molecule has 1 aliphatic rings. The molecule has 1 saturated heterocycles. The molecule has 0 aliphatic carbocycles. The quantitative estimate of drug-likeness (QED) is 0.851. The van der Waals surface area contributed by atoms with Gasteiger partial charge in [0.2, 0.25) is 0 Å². The largest absolute Gasteiger partial charge is 0.368 e. The standard InChI is InChI=1S/C17H16ClN2O/c18-15-6-4-5-14(13-15)17(21)20-11-9-19(10-12-20)16-7-2-1-3-8-16/h1-4,6-8,13H,9-12H2. The highest BCUT2D eigenvalue weighted by atomic mass is 35.5. The Kier molecular flexibility index (Phi) is 4.11. The topological polar surface area (TPSA) is 23.6 Å². The van der Waals surface area contributed by atoms with Crippen molar-refractivity contribution in [3.63, 3.8) is 0 Å². The third kappa shape index (κ3) is 3.19. The molecule has 3 nitrogen and oxygen atoms in total. The van der Waals surface area contributed by atoms with Crippen molar-refractivity contribution in [3.8, 4) is 0 Å². The van der Waals surface area contributed by atoms with E-state index in [1.54, 1.807) is 18.2 Å². The smallest absolute Gasteiger partial charge is 0.254 e. The lowest BCUT2D eigenvalue weighted by atomic mass is 10.1. The highest BCUT2D eigenvalue weighted by molar-refractivity contribution is 6.30. The Hall–Kier alpha value is -2.00. The monoisotopic (exact) mass is 299 g/mol. The third-order valence-corrected chi connectivity index (χ3v) is 3.92. The highest BCUT2D eigenvalue weighted by Gasteiger charge is 2.22. The van der Waals surface area contributed by atoms with Crippen molar-refractivity contribution in [1.29, 1.82) is 0 Å². The van der Waals surface area contributed by atoms with Gasteiger partial charge in [-0.05, 0) is 30.3 Å². The molecule has 0 unspecified atom stereocenters. The summed E-state index contributed by atoms with van der Waals surface area (Å²) in [5.74, 6) is 0.00483. The minimum atomic E-state index is 0.00483. The number of hydrogen-bond donors (Lipinski definition) is 0. The first-order chi connectivity index (χ1) is 10.2. The summed E-state index contributed by atoms with van der Waals surface area (Å²) in [5.41, 5.74) is 1.74. The van der Waals surface area contributed by atoms with Crippen LogP contribution < -0.4 is 4.90 Å². The number of rotatable bonds is 2. The maximum Gasteiger partial charge on any atom is 0.254 e. The van der Waals surface area contributed by atoms with Crippen LogP contribution in [0.3, 0.4) is 0 Å². The van der Waals surface area contributed by atoms with Crippen LogP contribution in [0.15, 0.2) is 48.5 Å². The second kappa shape index (κ2) is 6.19. The fourth-order valence-electron chi connectivity index (χ4n) is 2.54. The Morgan fingerprint density at radius 2 is 1.76 bits per heavy atom. The molecule has 0 atom stereocenters. The number of benzene rings is 2. The molecule has 1 heterocycles. The van der Waals surface area contributed by atoms with E-state index < -0.39 is 0 Å². The Labute approximate surface area is 129 Å². The van der Waals surface area contributed by atoms with Gasteiger partial charge in [0, 0.05) is 42.5 Å². The molecule has 2 aromatic rings. The minimum Gasteiger partial charge on any atom is -0.368 e. The van der Waals surface area contributed by atoms with Gasteiger partial charge in [0.1, 0.15) is 0 Å². The number of nitrogens with zero attached hydrogens (tertiary/aromatic N) is 2. The summed E-state index contributed by atoms with van der Waals surface area (Å²) in [6.45, 7) is 3.12. The predicted octanol–water partition coefficient (Wildman–Crippen LogP) is 3.10. The molecular weight excluding hydrogens is 284 g/mol. The molecule has 3 rings (SSSR count). The van der Waals surface area contributed by atoms with E-state index in [1.165, 1.54) is 5.69 Å². The first-order valence-electron chi connectivity index (χ1n) is 7.00. The van der Waals surface area contributed by atoms with Crippen LogP contribution in [-0.4, -0.2) is 37.0 Å². The molecule has 1 aliphatic heterocycles. The van der Waals surface area contributed by atoms with Crippen molar-refractivity contribution in [2.75, 3.05) is 31.1 Å². The molecule has 2 aromatic carbocycles. The number of carbonyl (C=O) groups excluding carboxylic acids is 1. The van der Waals surface area contributed by atoms with Gasteiger partial charge in [0.25, 0.3) is 5.91 Å². The van der Waals surface area contributed by atoms with Crippen LogP contribution in [0, 0.1) is 6.07 Å². The van der Waals surface area contributed by atoms with Crippen LogP contribution in [0.5, 0.6) is 0 Å². The molecule has 1 fully saturated rings. The Bertz CT molecular complexity index is 622. The van der Waals surface area contributed by atoms with Gasteiger partial charge in [-0.2, -0.15) is 0 Å². The van der Waals surface area contributed by atoms with Gasteiger partial charge in [-0.25, -0.2) is 0 Å². The molecule has 0 aromatic heterocycles. The van der Waals surface area contributed by atoms with Crippen molar-refractivity contribution in [3.05, 3.63) is 65.2 Å². The average Bonchev–Trinajstić information content (AvgIpc) is 2.55. The lowest BCUT2D eigenvalue weighted by Crippen LogP contribution is -2.48. The fraction of sp³-hybridized carbons (Fsp3) is 0.235. The summed E-state index contributed by atoms with van der Waals surface area (Å²) in [7, 11) is 0. The molecule has 0 N–H and O–H groups in total. The number of para-hydroxylation sites is 1. The fourth-order valence-corrected chi connectivity index (χ4v) is 2.71. The Morgan fingerprint density at radius 3 is 2.43 bits per heavy atom. The molecule has 0 saturated carbocycles. The summed E-state index contributed by atoms with van der Waals surface area (Å²) in [4.78, 5) is 16.6. The molecule has 1 radical (unpaired) electrons. The van der Waals surface area contributed by atoms with Crippen molar-refractivity contribution >= 4 is 23.2 Å². The molecule has 21 heavy (non-hydrogen) atoms. The van der Waals surface area contributed by atoms with Crippen LogP contribution in [0.2, 0.25) is 5.02 Å². The lowest BCUT2D eigenvalue weighted by Gasteiger charge is -2.36. The van der Waals surface area contributed by atoms with E-state index >= 15 is 0 Å². The van der Waals surface area contributed by atoms with Crippen molar-refractivity contribution in [2.24, 2.45) is 0 Å². The van der Waals surface area contributed by atoms with E-state index in [0.29, 0.717) is 23.7 Å². The summed E-state index contributed by atoms with van der Waals surface area (Å²) in [6, 6.07) is 18.3. The zero-order chi connectivity index (χ0) is 14.7. The first kappa shape index (κ1) is 14.0. The third-order valence-electron chi connectivity index (χ3n) is 3.68. The number of carbonyl (C=O) groups is 1. The lowest BCUT2D eigenvalue weighted by molar-refractivity contribution is 0.0746. The molecular formula is C17H16ClN2O. The van der Waals surface area contributed by atoms with Crippen LogP contribution >= 0.6 is 11.6 Å². The van der Waals surface area contributed by atoms with Crippen LogP contribution in [0.4, 0.5) is 5.69 Å². The normalized spacial score (nSPS) is 15.1. The molecule has 1 amide bonds. The molecule has 0 bridgehead atoms. The van der Waals surface area contributed by atoms with E-state index in [2.05, 4.69) is 23.1 Å². The second-order valence-electron chi connectivity index (χ2n) is 5.04. The van der Waals surface area contributed by atoms with Gasteiger partial charge >= 0.3 is 0 Å². The maximum absolute atomic E-state index is 12.4. The molecule has 4 heteroatoms. The van der Waals surface area contributed by atoms with Gasteiger partial charge in [0.15, 0.2) is 0 Å². The van der Waals surface area contributed by atoms with Crippen LogP contribution in [0.1, 0.15) is 10.4 Å². The van der Waals surface area contributed by atoms with Crippen molar-refractivity contribution < 1.29 is 4.79 Å². The van der Waals surface area contributed by atoms with Crippen LogP contribution in [0.25, 0.3) is 0 Å². The Balaban J connectivity index is 1.64. The number of halogens is 1. The van der Waals surface area contributed by atoms with E-state index in [0.717, 1.165) is 13.1 Å². The maximum atomic E-state index is 12.4. The number of hydrogen-bond acceptors (Lipinski definition) is 2. The zero-order valence-corrected chi connectivity index (χ0v) is 12.4. The first-order valence-corrected chi connectivity index (χ1v) is 7.38. The minimum absolute atomic E-state index is 0.00483. The number of piperazine rings is 1. The summed E-state index contributed by atoms with van der Waals surface area (Å²) >= 11 is 5.93. The summed E-state index contributed by atoms with van der Waals surface area (Å²) in [6.07, 6.45) is 0. The highest BCUT2D eigenvalue weighted by Crippen LogP contribution is 2.17. The molecule has 107 valence electrons. The summed E-state index contributed by atoms with van der Waals surface area (Å²) in [5, 5.41) is 0.569. The van der Waals surface area contributed by atoms with Gasteiger partial charge in [-0.15, -0.1) is 0 Å². The zero-order valence-electron chi connectivity index (χ0n) is 11.6. The Morgan fingerprint density at radius 1 is 1.05 bits per heavy atom. The van der Waals surface area contributed by atoms with Crippen molar-refractivity contribution in [1.82, 2.24) is 4.90 Å². The number of amides is 1. The van der Waals surface area contributed by atoms with E-state index in [4.69, 9.17) is 11.6 Å². The number of anilines is 1. The van der Waals surface area contributed by atoms with E-state index in [1.807, 2.05) is 23.1 Å². The summed E-state index contributed by atoms with van der Waals surface area (Å²) < 4.78 is 0. The predicted molar refractivity (Wildman–Crippen MR) is 84.8 cm³/mol. The SMILES string of the molecule is O=C(c1[c]ccc(Cl)c1)N1CCN(c2ccccc2)CC1. The van der Waals surface area contributed by atoms with E-state index in [9.17, 15) is 4.79 Å². The van der Waals surface area contributed by atoms with E-state index in [-0.39, 0.29) is 5.91 Å². The van der Waals surface area contributed by atoms with Gasteiger partial charge in [-0.3, -0.25) is 4.79 Å². The second-order valence-corrected chi connectivity index (χ2v) is 5.47. The van der Waals surface area contributed by atoms with Gasteiger partial charge in [-0.1, -0.05) is 35.9 Å².